The van der Waals surface area contributed by atoms with Crippen LogP contribution in [0.3, 0.4) is 0 Å². The van der Waals surface area contributed by atoms with Crippen LogP contribution < -0.4 is 10.5 Å². The molecule has 1 aromatic rings. The zero-order valence-electron chi connectivity index (χ0n) is 8.24. The van der Waals surface area contributed by atoms with Gasteiger partial charge in [-0.25, -0.2) is 4.68 Å². The Hall–Kier alpha value is -1.03. The van der Waals surface area contributed by atoms with Crippen molar-refractivity contribution in [1.82, 2.24) is 9.78 Å². The lowest BCUT2D eigenvalue weighted by Gasteiger charge is -2.02. The number of aromatic nitrogens is 2. The van der Waals surface area contributed by atoms with E-state index in [1.54, 1.807) is 11.8 Å². The molecular weight excluding hydrogens is 166 g/mol. The summed E-state index contributed by atoms with van der Waals surface area (Å²) >= 11 is 0. The van der Waals surface area contributed by atoms with E-state index in [9.17, 15) is 0 Å². The maximum Gasteiger partial charge on any atom is 0.215 e. The van der Waals surface area contributed by atoms with Crippen molar-refractivity contribution in [2.75, 3.05) is 7.11 Å². The molecule has 0 bridgehead atoms. The van der Waals surface area contributed by atoms with E-state index in [0.29, 0.717) is 12.0 Å². The van der Waals surface area contributed by atoms with Gasteiger partial charge in [0.2, 0.25) is 5.88 Å². The molecule has 72 valence electrons. The Labute approximate surface area is 77.7 Å². The Kier molecular flexibility index (Phi) is 1.80. The average Bonchev–Trinajstić information content (AvgIpc) is 2.69. The van der Waals surface area contributed by atoms with E-state index in [0.717, 1.165) is 18.0 Å². The Morgan fingerprint density at radius 1 is 1.62 bits per heavy atom. The van der Waals surface area contributed by atoms with E-state index in [-0.39, 0.29) is 0 Å². The molecule has 1 fully saturated rings. The number of hydrogen-bond acceptors (Lipinski definition) is 3. The largest absolute Gasteiger partial charge is 0.481 e. The molecule has 13 heavy (non-hydrogen) atoms. The number of rotatable bonds is 2. The van der Waals surface area contributed by atoms with E-state index in [1.165, 1.54) is 5.56 Å². The molecule has 0 aliphatic heterocycles. The maximum atomic E-state index is 5.81. The highest BCUT2D eigenvalue weighted by molar-refractivity contribution is 5.39. The molecule has 1 aromatic heterocycles. The fraction of sp³-hybridized carbons (Fsp3) is 0.667. The predicted octanol–water partition coefficient (Wildman–Crippen LogP) is 0.552. The molecule has 0 radical (unpaired) electrons. The summed E-state index contributed by atoms with van der Waals surface area (Å²) < 4.78 is 7.06. The van der Waals surface area contributed by atoms with Crippen LogP contribution in [0.5, 0.6) is 5.88 Å². The fourth-order valence-corrected chi connectivity index (χ4v) is 1.87. The summed E-state index contributed by atoms with van der Waals surface area (Å²) in [6, 6.07) is 0.303. The van der Waals surface area contributed by atoms with Crippen LogP contribution in [0.25, 0.3) is 0 Å². The minimum atomic E-state index is 0.303. The summed E-state index contributed by atoms with van der Waals surface area (Å²) in [6.07, 6.45) is 1.06. The van der Waals surface area contributed by atoms with Gasteiger partial charge in [-0.15, -0.1) is 0 Å². The molecule has 0 saturated heterocycles. The van der Waals surface area contributed by atoms with Gasteiger partial charge in [0.15, 0.2) is 0 Å². The van der Waals surface area contributed by atoms with Crippen molar-refractivity contribution in [2.45, 2.75) is 25.3 Å². The van der Waals surface area contributed by atoms with Crippen LogP contribution in [0.1, 0.15) is 23.6 Å². The topological polar surface area (TPSA) is 53.1 Å². The number of hydrogen-bond donors (Lipinski definition) is 1. The minimum absolute atomic E-state index is 0.303. The van der Waals surface area contributed by atoms with Crippen LogP contribution in [0, 0.1) is 6.92 Å². The van der Waals surface area contributed by atoms with E-state index < -0.39 is 0 Å². The second-order valence-corrected chi connectivity index (χ2v) is 3.64. The highest BCUT2D eigenvalue weighted by atomic mass is 16.5. The average molecular weight is 181 g/mol. The van der Waals surface area contributed by atoms with Gasteiger partial charge in [-0.1, -0.05) is 0 Å². The van der Waals surface area contributed by atoms with Crippen LogP contribution in [0.4, 0.5) is 0 Å². The Morgan fingerprint density at radius 3 is 2.69 bits per heavy atom. The van der Waals surface area contributed by atoms with Crippen molar-refractivity contribution in [1.29, 1.82) is 0 Å². The third kappa shape index (κ3) is 1.21. The predicted molar refractivity (Wildman–Crippen MR) is 49.8 cm³/mol. The van der Waals surface area contributed by atoms with E-state index in [2.05, 4.69) is 5.10 Å². The van der Waals surface area contributed by atoms with Gasteiger partial charge < -0.3 is 10.5 Å². The van der Waals surface area contributed by atoms with Crippen LogP contribution >= 0.6 is 0 Å². The Morgan fingerprint density at radius 2 is 2.23 bits per heavy atom. The normalized spacial score (nSPS) is 26.2. The first-order valence-corrected chi connectivity index (χ1v) is 4.48. The molecule has 1 heterocycles. The summed E-state index contributed by atoms with van der Waals surface area (Å²) in [4.78, 5) is 0. The Balaban J connectivity index is 2.42. The first-order valence-electron chi connectivity index (χ1n) is 4.48. The molecule has 0 aromatic carbocycles. The van der Waals surface area contributed by atoms with Gasteiger partial charge in [-0.2, -0.15) is 5.10 Å². The molecule has 2 atom stereocenters. The van der Waals surface area contributed by atoms with Gasteiger partial charge in [0.25, 0.3) is 0 Å². The molecule has 1 aliphatic carbocycles. The number of aryl methyl sites for hydroxylation is 2. The van der Waals surface area contributed by atoms with Gasteiger partial charge in [-0.05, 0) is 13.3 Å². The zero-order valence-corrected chi connectivity index (χ0v) is 8.24. The third-order valence-corrected chi connectivity index (χ3v) is 2.62. The standard InChI is InChI=1S/C9H15N3O/c1-5-8(6-4-7(6)10)9(13-3)12(2)11-5/h6-7H,4,10H2,1-3H3. The van der Waals surface area contributed by atoms with Gasteiger partial charge in [0.1, 0.15) is 0 Å². The lowest BCUT2D eigenvalue weighted by molar-refractivity contribution is 0.369. The van der Waals surface area contributed by atoms with Crippen LogP contribution in [-0.2, 0) is 7.05 Å². The number of nitrogens with two attached hydrogens (primary N) is 1. The minimum Gasteiger partial charge on any atom is -0.481 e. The number of ether oxygens (including phenoxy) is 1. The monoisotopic (exact) mass is 181 g/mol. The fourth-order valence-electron chi connectivity index (χ4n) is 1.87. The Bertz CT molecular complexity index is 332. The molecule has 1 saturated carbocycles. The molecule has 2 N–H and O–H groups in total. The second kappa shape index (κ2) is 2.73. The van der Waals surface area contributed by atoms with Gasteiger partial charge in [0, 0.05) is 24.6 Å². The van der Waals surface area contributed by atoms with Crippen LogP contribution in [-0.4, -0.2) is 22.9 Å². The molecule has 4 heteroatoms. The summed E-state index contributed by atoms with van der Waals surface area (Å²) in [5.74, 6) is 1.32. The SMILES string of the molecule is COc1c(C2CC2N)c(C)nn1C. The summed E-state index contributed by atoms with van der Waals surface area (Å²) in [5.41, 5.74) is 8.04. The first-order chi connectivity index (χ1) is 6.15. The number of nitrogens with zero attached hydrogens (tertiary/aromatic N) is 2. The van der Waals surface area contributed by atoms with Crippen molar-refractivity contribution in [2.24, 2.45) is 12.8 Å². The molecule has 1 aliphatic rings. The van der Waals surface area contributed by atoms with Gasteiger partial charge in [0.05, 0.1) is 12.8 Å². The lowest BCUT2D eigenvalue weighted by atomic mass is 10.1. The summed E-state index contributed by atoms with van der Waals surface area (Å²) in [6.45, 7) is 2.00. The zero-order chi connectivity index (χ0) is 9.59. The van der Waals surface area contributed by atoms with Crippen molar-refractivity contribution >= 4 is 0 Å². The van der Waals surface area contributed by atoms with Crippen molar-refractivity contribution < 1.29 is 4.74 Å². The summed E-state index contributed by atoms with van der Waals surface area (Å²) in [5, 5.41) is 4.31. The van der Waals surface area contributed by atoms with E-state index in [4.69, 9.17) is 10.5 Å². The third-order valence-electron chi connectivity index (χ3n) is 2.62. The highest BCUT2D eigenvalue weighted by Gasteiger charge is 2.39. The smallest absolute Gasteiger partial charge is 0.215 e. The number of methoxy groups -OCH3 is 1. The molecule has 4 nitrogen and oxygen atoms in total. The molecule has 2 rings (SSSR count). The van der Waals surface area contributed by atoms with Crippen LogP contribution in [0.2, 0.25) is 0 Å². The van der Waals surface area contributed by atoms with E-state index >= 15 is 0 Å². The van der Waals surface area contributed by atoms with Crippen molar-refractivity contribution in [3.8, 4) is 5.88 Å². The van der Waals surface area contributed by atoms with Crippen molar-refractivity contribution in [3.63, 3.8) is 0 Å². The lowest BCUT2D eigenvalue weighted by Crippen LogP contribution is -2.02. The van der Waals surface area contributed by atoms with Gasteiger partial charge in [-0.3, -0.25) is 0 Å². The molecule has 0 amide bonds. The van der Waals surface area contributed by atoms with E-state index in [1.807, 2.05) is 14.0 Å². The quantitative estimate of drug-likeness (QED) is 0.725. The first kappa shape index (κ1) is 8.56. The molecule has 2 unspecified atom stereocenters. The van der Waals surface area contributed by atoms with Gasteiger partial charge >= 0.3 is 0 Å². The van der Waals surface area contributed by atoms with Crippen LogP contribution in [0.15, 0.2) is 0 Å². The molecular formula is C9H15N3O. The highest BCUT2D eigenvalue weighted by Crippen LogP contribution is 2.44. The van der Waals surface area contributed by atoms with Crippen molar-refractivity contribution in [3.05, 3.63) is 11.3 Å². The second-order valence-electron chi connectivity index (χ2n) is 3.64. The summed E-state index contributed by atoms with van der Waals surface area (Å²) in [7, 11) is 3.57. The molecule has 0 spiro atoms. The maximum absolute atomic E-state index is 5.81.